The van der Waals surface area contributed by atoms with Crippen LogP contribution in [0.1, 0.15) is 32.6 Å². The van der Waals surface area contributed by atoms with Crippen molar-refractivity contribution in [3.63, 3.8) is 0 Å². The van der Waals surface area contributed by atoms with Crippen molar-refractivity contribution in [2.45, 2.75) is 38.7 Å². The average Bonchev–Trinajstić information content (AvgIpc) is 2.93. The van der Waals surface area contributed by atoms with Crippen molar-refractivity contribution in [2.75, 3.05) is 46.9 Å². The minimum Gasteiger partial charge on any atom is -0.376 e. The highest BCUT2D eigenvalue weighted by Crippen LogP contribution is 2.10. The summed E-state index contributed by atoms with van der Waals surface area (Å²) in [5, 5.41) is 6.67. The van der Waals surface area contributed by atoms with Gasteiger partial charge in [-0.3, -0.25) is 4.99 Å². The largest absolute Gasteiger partial charge is 0.376 e. The van der Waals surface area contributed by atoms with Crippen LogP contribution < -0.4 is 10.6 Å². The van der Waals surface area contributed by atoms with E-state index in [0.29, 0.717) is 6.10 Å². The summed E-state index contributed by atoms with van der Waals surface area (Å²) < 4.78 is 5.58. The Bertz CT molecular complexity index is 258. The first-order chi connectivity index (χ1) is 9.26. The van der Waals surface area contributed by atoms with E-state index in [1.165, 1.54) is 25.8 Å². The van der Waals surface area contributed by atoms with Crippen molar-refractivity contribution in [3.8, 4) is 0 Å². The molecule has 0 aromatic heterocycles. The molecule has 0 spiro atoms. The lowest BCUT2D eigenvalue weighted by Crippen LogP contribution is -2.43. The van der Waals surface area contributed by atoms with Gasteiger partial charge in [-0.25, -0.2) is 0 Å². The van der Waals surface area contributed by atoms with Gasteiger partial charge in [0.25, 0.3) is 0 Å². The van der Waals surface area contributed by atoms with Gasteiger partial charge in [-0.15, -0.1) is 24.0 Å². The molecule has 1 atom stereocenters. The lowest BCUT2D eigenvalue weighted by molar-refractivity contribution is 0.114. The van der Waals surface area contributed by atoms with Gasteiger partial charge >= 0.3 is 0 Å². The minimum absolute atomic E-state index is 0. The van der Waals surface area contributed by atoms with Crippen LogP contribution in [-0.2, 0) is 4.74 Å². The van der Waals surface area contributed by atoms with E-state index in [0.717, 1.165) is 38.6 Å². The molecule has 20 heavy (non-hydrogen) atoms. The van der Waals surface area contributed by atoms with E-state index in [4.69, 9.17) is 4.74 Å². The summed E-state index contributed by atoms with van der Waals surface area (Å²) in [6.45, 7) is 7.11. The molecule has 5 nitrogen and oxygen atoms in total. The van der Waals surface area contributed by atoms with Crippen LogP contribution in [0.4, 0.5) is 0 Å². The molecule has 0 aromatic rings. The molecule has 1 heterocycles. The van der Waals surface area contributed by atoms with Crippen molar-refractivity contribution in [1.82, 2.24) is 15.5 Å². The predicted octanol–water partition coefficient (Wildman–Crippen LogP) is 1.68. The summed E-state index contributed by atoms with van der Waals surface area (Å²) in [4.78, 5) is 6.58. The highest BCUT2D eigenvalue weighted by molar-refractivity contribution is 14.0. The van der Waals surface area contributed by atoms with Gasteiger partial charge in [0.05, 0.1) is 6.10 Å². The molecule has 0 aromatic carbocycles. The van der Waals surface area contributed by atoms with Crippen LogP contribution in [0.2, 0.25) is 0 Å². The third kappa shape index (κ3) is 8.97. The molecule has 1 aliphatic heterocycles. The third-order valence-corrected chi connectivity index (χ3v) is 3.42. The third-order valence-electron chi connectivity index (χ3n) is 3.42. The Hall–Kier alpha value is -0.0800. The summed E-state index contributed by atoms with van der Waals surface area (Å²) >= 11 is 0. The molecule has 1 fully saturated rings. The number of aliphatic imine (C=N–C) groups is 1. The molecular formula is C14H31IN4O. The molecule has 0 saturated carbocycles. The Morgan fingerprint density at radius 2 is 2.15 bits per heavy atom. The number of likely N-dealkylation sites (N-methyl/N-ethyl adjacent to an activating group) is 1. The normalized spacial score (nSPS) is 19.0. The zero-order chi connectivity index (χ0) is 13.9. The van der Waals surface area contributed by atoms with E-state index >= 15 is 0 Å². The molecule has 1 unspecified atom stereocenters. The highest BCUT2D eigenvalue weighted by Gasteiger charge is 2.15. The number of guanidine groups is 1. The summed E-state index contributed by atoms with van der Waals surface area (Å²) in [6.07, 6.45) is 5.21. The van der Waals surface area contributed by atoms with Crippen molar-refractivity contribution < 1.29 is 4.74 Å². The van der Waals surface area contributed by atoms with Gasteiger partial charge in [0.2, 0.25) is 0 Å². The lowest BCUT2D eigenvalue weighted by Gasteiger charge is -2.18. The van der Waals surface area contributed by atoms with Crippen molar-refractivity contribution in [2.24, 2.45) is 4.99 Å². The molecule has 2 N–H and O–H groups in total. The number of nitrogens with one attached hydrogen (secondary N) is 2. The fraction of sp³-hybridized carbons (Fsp3) is 0.929. The summed E-state index contributed by atoms with van der Waals surface area (Å²) in [6, 6.07) is 0. The summed E-state index contributed by atoms with van der Waals surface area (Å²) in [5.41, 5.74) is 0. The Labute approximate surface area is 140 Å². The standard InChI is InChI=1S/C14H30N4O.HI/c1-4-5-9-18(3)10-8-16-14(15-2)17-12-13-7-6-11-19-13;/h13H,4-12H2,1-3H3,(H2,15,16,17);1H. The summed E-state index contributed by atoms with van der Waals surface area (Å²) in [5.74, 6) is 0.874. The van der Waals surface area contributed by atoms with E-state index in [1.54, 1.807) is 0 Å². The molecule has 6 heteroatoms. The van der Waals surface area contributed by atoms with Crippen LogP contribution >= 0.6 is 24.0 Å². The number of nitrogens with zero attached hydrogens (tertiary/aromatic N) is 2. The number of halogens is 1. The maximum atomic E-state index is 5.58. The van der Waals surface area contributed by atoms with Gasteiger partial charge in [-0.2, -0.15) is 0 Å². The van der Waals surface area contributed by atoms with Crippen LogP contribution in [0.15, 0.2) is 4.99 Å². The number of unbranched alkanes of at least 4 members (excludes halogenated alkanes) is 1. The zero-order valence-corrected chi connectivity index (χ0v) is 15.5. The molecule has 0 bridgehead atoms. The van der Waals surface area contributed by atoms with Gasteiger partial charge in [-0.1, -0.05) is 13.3 Å². The van der Waals surface area contributed by atoms with Crippen LogP contribution in [0, 0.1) is 0 Å². The van der Waals surface area contributed by atoms with E-state index in [9.17, 15) is 0 Å². The second-order valence-corrected chi connectivity index (χ2v) is 5.17. The van der Waals surface area contributed by atoms with Crippen LogP contribution in [0.3, 0.4) is 0 Å². The van der Waals surface area contributed by atoms with E-state index < -0.39 is 0 Å². The molecule has 1 aliphatic rings. The van der Waals surface area contributed by atoms with Crippen LogP contribution in [-0.4, -0.2) is 63.8 Å². The van der Waals surface area contributed by atoms with Gasteiger partial charge in [0, 0.05) is 33.3 Å². The quantitative estimate of drug-likeness (QED) is 0.371. The van der Waals surface area contributed by atoms with Gasteiger partial charge in [0.15, 0.2) is 5.96 Å². The SMILES string of the molecule is CCCCN(C)CCNC(=NC)NCC1CCCO1.I. The molecule has 0 radical (unpaired) electrons. The van der Waals surface area contributed by atoms with Crippen molar-refractivity contribution in [3.05, 3.63) is 0 Å². The lowest BCUT2D eigenvalue weighted by atomic mass is 10.2. The second kappa shape index (κ2) is 12.6. The maximum absolute atomic E-state index is 5.58. The first-order valence-electron chi connectivity index (χ1n) is 7.51. The first kappa shape index (κ1) is 19.9. The molecular weight excluding hydrogens is 367 g/mol. The molecule has 0 aliphatic carbocycles. The van der Waals surface area contributed by atoms with Gasteiger partial charge in [0.1, 0.15) is 0 Å². The average molecular weight is 398 g/mol. The molecule has 1 saturated heterocycles. The fourth-order valence-corrected chi connectivity index (χ4v) is 2.14. The monoisotopic (exact) mass is 398 g/mol. The summed E-state index contributed by atoms with van der Waals surface area (Å²) in [7, 11) is 3.98. The Morgan fingerprint density at radius 1 is 1.35 bits per heavy atom. The number of rotatable bonds is 8. The highest BCUT2D eigenvalue weighted by atomic mass is 127. The Kier molecular flexibility index (Phi) is 12.6. The van der Waals surface area contributed by atoms with Crippen molar-refractivity contribution in [1.29, 1.82) is 0 Å². The number of hydrogen-bond acceptors (Lipinski definition) is 3. The smallest absolute Gasteiger partial charge is 0.191 e. The Balaban J connectivity index is 0.00000361. The van der Waals surface area contributed by atoms with Gasteiger partial charge in [-0.05, 0) is 32.9 Å². The second-order valence-electron chi connectivity index (χ2n) is 5.17. The van der Waals surface area contributed by atoms with Gasteiger partial charge < -0.3 is 20.3 Å². The van der Waals surface area contributed by atoms with Crippen LogP contribution in [0.25, 0.3) is 0 Å². The van der Waals surface area contributed by atoms with Crippen molar-refractivity contribution >= 4 is 29.9 Å². The van der Waals surface area contributed by atoms with E-state index in [2.05, 4.69) is 34.5 Å². The molecule has 1 rings (SSSR count). The first-order valence-corrected chi connectivity index (χ1v) is 7.51. The van der Waals surface area contributed by atoms with E-state index in [-0.39, 0.29) is 24.0 Å². The van der Waals surface area contributed by atoms with E-state index in [1.807, 2.05) is 7.05 Å². The zero-order valence-electron chi connectivity index (χ0n) is 13.2. The predicted molar refractivity (Wildman–Crippen MR) is 96.2 cm³/mol. The minimum atomic E-state index is 0. The molecule has 120 valence electrons. The fourth-order valence-electron chi connectivity index (χ4n) is 2.14. The number of hydrogen-bond donors (Lipinski definition) is 2. The maximum Gasteiger partial charge on any atom is 0.191 e. The Morgan fingerprint density at radius 3 is 2.75 bits per heavy atom. The topological polar surface area (TPSA) is 48.9 Å². The van der Waals surface area contributed by atoms with Crippen LogP contribution in [0.5, 0.6) is 0 Å². The number of ether oxygens (including phenoxy) is 1. The molecule has 0 amide bonds.